The lowest BCUT2D eigenvalue weighted by Crippen LogP contribution is -2.06. The Morgan fingerprint density at radius 2 is 2.10 bits per heavy atom. The fourth-order valence-corrected chi connectivity index (χ4v) is 2.30. The highest BCUT2D eigenvalue weighted by Crippen LogP contribution is 2.40. The first kappa shape index (κ1) is 14.1. The highest BCUT2D eigenvalue weighted by Gasteiger charge is 2.26. The SMILES string of the molecule is CCNc1nc(Nc2ccc(F)cc2Cl)cc(C2CC2)n1. The van der Waals surface area contributed by atoms with Gasteiger partial charge in [0.15, 0.2) is 0 Å². The molecule has 1 aromatic carbocycles. The van der Waals surface area contributed by atoms with Gasteiger partial charge in [0.25, 0.3) is 0 Å². The molecule has 0 unspecified atom stereocenters. The normalized spacial score (nSPS) is 14.0. The van der Waals surface area contributed by atoms with E-state index >= 15 is 0 Å². The molecular formula is C15H16ClFN4. The summed E-state index contributed by atoms with van der Waals surface area (Å²) in [7, 11) is 0. The lowest BCUT2D eigenvalue weighted by Gasteiger charge is -2.11. The van der Waals surface area contributed by atoms with Gasteiger partial charge in [0.2, 0.25) is 5.95 Å². The first-order valence-corrected chi connectivity index (χ1v) is 7.38. The minimum absolute atomic E-state index is 0.326. The molecule has 0 radical (unpaired) electrons. The van der Waals surface area contributed by atoms with E-state index < -0.39 is 0 Å². The van der Waals surface area contributed by atoms with Crippen LogP contribution < -0.4 is 10.6 Å². The highest BCUT2D eigenvalue weighted by molar-refractivity contribution is 6.33. The number of nitrogens with one attached hydrogen (secondary N) is 2. The fraction of sp³-hybridized carbons (Fsp3) is 0.333. The van der Waals surface area contributed by atoms with Crippen molar-refractivity contribution in [2.45, 2.75) is 25.7 Å². The average Bonchev–Trinajstić information content (AvgIpc) is 3.27. The fourth-order valence-electron chi connectivity index (χ4n) is 2.08. The second-order valence-corrected chi connectivity index (χ2v) is 5.46. The molecule has 3 rings (SSSR count). The largest absolute Gasteiger partial charge is 0.354 e. The molecule has 0 saturated heterocycles. The van der Waals surface area contributed by atoms with Crippen molar-refractivity contribution >= 4 is 29.1 Å². The van der Waals surface area contributed by atoms with Crippen molar-refractivity contribution in [3.8, 4) is 0 Å². The van der Waals surface area contributed by atoms with Crippen LogP contribution in [0.1, 0.15) is 31.4 Å². The van der Waals surface area contributed by atoms with E-state index in [1.807, 2.05) is 13.0 Å². The van der Waals surface area contributed by atoms with Gasteiger partial charge in [-0.15, -0.1) is 0 Å². The summed E-state index contributed by atoms with van der Waals surface area (Å²) in [6.07, 6.45) is 2.33. The van der Waals surface area contributed by atoms with E-state index in [0.717, 1.165) is 12.2 Å². The number of rotatable bonds is 5. The van der Waals surface area contributed by atoms with Gasteiger partial charge in [-0.1, -0.05) is 11.6 Å². The summed E-state index contributed by atoms with van der Waals surface area (Å²) in [6.45, 7) is 2.75. The molecule has 4 nitrogen and oxygen atoms in total. The third-order valence-electron chi connectivity index (χ3n) is 3.27. The lowest BCUT2D eigenvalue weighted by molar-refractivity contribution is 0.628. The molecule has 0 aliphatic heterocycles. The standard InChI is InChI=1S/C15H16ClFN4/c1-2-18-15-20-13(9-3-4-9)8-14(21-15)19-12-6-5-10(17)7-11(12)16/h5-9H,2-4H2,1H3,(H2,18,19,20,21). The maximum Gasteiger partial charge on any atom is 0.224 e. The van der Waals surface area contributed by atoms with Gasteiger partial charge < -0.3 is 10.6 Å². The molecule has 1 heterocycles. The van der Waals surface area contributed by atoms with Gasteiger partial charge in [0, 0.05) is 18.5 Å². The van der Waals surface area contributed by atoms with Gasteiger partial charge in [-0.05, 0) is 38.0 Å². The Labute approximate surface area is 127 Å². The van der Waals surface area contributed by atoms with E-state index in [9.17, 15) is 4.39 Å². The van der Waals surface area contributed by atoms with Crippen LogP contribution in [0.4, 0.5) is 21.8 Å². The van der Waals surface area contributed by atoms with Gasteiger partial charge in [-0.2, -0.15) is 4.98 Å². The van der Waals surface area contributed by atoms with Gasteiger partial charge in [0.05, 0.1) is 16.4 Å². The third-order valence-corrected chi connectivity index (χ3v) is 3.58. The van der Waals surface area contributed by atoms with Gasteiger partial charge >= 0.3 is 0 Å². The predicted octanol–water partition coefficient (Wildman–Crippen LogP) is 4.32. The highest BCUT2D eigenvalue weighted by atomic mass is 35.5. The van der Waals surface area contributed by atoms with Gasteiger partial charge in [-0.25, -0.2) is 9.37 Å². The molecule has 0 bridgehead atoms. The number of aromatic nitrogens is 2. The van der Waals surface area contributed by atoms with Crippen LogP contribution in [0, 0.1) is 5.82 Å². The molecule has 0 amide bonds. The van der Waals surface area contributed by atoms with E-state index in [0.29, 0.717) is 28.4 Å². The number of benzene rings is 1. The lowest BCUT2D eigenvalue weighted by atomic mass is 10.2. The average molecular weight is 307 g/mol. The molecule has 1 aliphatic carbocycles. The van der Waals surface area contributed by atoms with E-state index in [2.05, 4.69) is 20.6 Å². The van der Waals surface area contributed by atoms with Crippen molar-refractivity contribution < 1.29 is 4.39 Å². The summed E-state index contributed by atoms with van der Waals surface area (Å²) >= 11 is 6.03. The van der Waals surface area contributed by atoms with Crippen molar-refractivity contribution in [1.82, 2.24) is 9.97 Å². The Hall–Kier alpha value is -1.88. The molecule has 110 valence electrons. The van der Waals surface area contributed by atoms with Crippen LogP contribution in [-0.4, -0.2) is 16.5 Å². The number of halogens is 2. The van der Waals surface area contributed by atoms with Crippen molar-refractivity contribution in [1.29, 1.82) is 0 Å². The molecule has 1 saturated carbocycles. The van der Waals surface area contributed by atoms with Crippen LogP contribution in [-0.2, 0) is 0 Å². The minimum atomic E-state index is -0.361. The van der Waals surface area contributed by atoms with E-state index in [1.54, 1.807) is 6.07 Å². The summed E-state index contributed by atoms with van der Waals surface area (Å²) in [5, 5.41) is 6.58. The number of hydrogen-bond acceptors (Lipinski definition) is 4. The van der Waals surface area contributed by atoms with Crippen LogP contribution in [0.2, 0.25) is 5.02 Å². The van der Waals surface area contributed by atoms with Crippen molar-refractivity contribution in [3.63, 3.8) is 0 Å². The summed E-state index contributed by atoms with van der Waals surface area (Å²) in [4.78, 5) is 8.91. The van der Waals surface area contributed by atoms with E-state index in [4.69, 9.17) is 11.6 Å². The molecule has 1 fully saturated rings. The van der Waals surface area contributed by atoms with Gasteiger partial charge in [0.1, 0.15) is 11.6 Å². The van der Waals surface area contributed by atoms with E-state index in [1.165, 1.54) is 25.0 Å². The summed E-state index contributed by atoms with van der Waals surface area (Å²) in [5.74, 6) is 1.42. The molecule has 6 heteroatoms. The maximum absolute atomic E-state index is 13.1. The first-order chi connectivity index (χ1) is 10.2. The van der Waals surface area contributed by atoms with Crippen LogP contribution in [0.25, 0.3) is 0 Å². The van der Waals surface area contributed by atoms with Gasteiger partial charge in [-0.3, -0.25) is 0 Å². The Morgan fingerprint density at radius 3 is 2.76 bits per heavy atom. The molecule has 1 aliphatic rings. The zero-order valence-electron chi connectivity index (χ0n) is 11.7. The molecule has 2 N–H and O–H groups in total. The Balaban J connectivity index is 1.89. The smallest absolute Gasteiger partial charge is 0.224 e. The van der Waals surface area contributed by atoms with Crippen LogP contribution in [0.5, 0.6) is 0 Å². The second-order valence-electron chi connectivity index (χ2n) is 5.06. The minimum Gasteiger partial charge on any atom is -0.354 e. The summed E-state index contributed by atoms with van der Waals surface area (Å²) in [5.41, 5.74) is 1.66. The first-order valence-electron chi connectivity index (χ1n) is 7.00. The molecule has 0 atom stereocenters. The van der Waals surface area contributed by atoms with Crippen molar-refractivity contribution in [2.75, 3.05) is 17.2 Å². The zero-order valence-corrected chi connectivity index (χ0v) is 12.4. The van der Waals surface area contributed by atoms with Crippen molar-refractivity contribution in [3.05, 3.63) is 40.8 Å². The Kier molecular flexibility index (Phi) is 3.92. The topological polar surface area (TPSA) is 49.8 Å². The number of hydrogen-bond donors (Lipinski definition) is 2. The quantitative estimate of drug-likeness (QED) is 0.863. The summed E-state index contributed by atoms with van der Waals surface area (Å²) < 4.78 is 13.1. The van der Waals surface area contributed by atoms with Crippen LogP contribution in [0.15, 0.2) is 24.3 Å². The Morgan fingerprint density at radius 1 is 1.29 bits per heavy atom. The molecule has 21 heavy (non-hydrogen) atoms. The molecule has 0 spiro atoms. The van der Waals surface area contributed by atoms with Crippen LogP contribution in [0.3, 0.4) is 0 Å². The second kappa shape index (κ2) is 5.85. The maximum atomic E-state index is 13.1. The van der Waals surface area contributed by atoms with Crippen LogP contribution >= 0.6 is 11.6 Å². The third kappa shape index (κ3) is 3.42. The van der Waals surface area contributed by atoms with E-state index in [-0.39, 0.29) is 5.82 Å². The predicted molar refractivity (Wildman–Crippen MR) is 82.9 cm³/mol. The number of anilines is 3. The molecular weight excluding hydrogens is 291 g/mol. The Bertz CT molecular complexity index is 658. The number of nitrogens with zero attached hydrogens (tertiary/aromatic N) is 2. The summed E-state index contributed by atoms with van der Waals surface area (Å²) in [6, 6.07) is 6.17. The molecule has 1 aromatic heterocycles. The van der Waals surface area contributed by atoms with Crippen molar-refractivity contribution in [2.24, 2.45) is 0 Å². The molecule has 2 aromatic rings. The zero-order chi connectivity index (χ0) is 14.8. The monoisotopic (exact) mass is 306 g/mol.